The molecule has 2 atom stereocenters. The molecule has 21 heavy (non-hydrogen) atoms. The number of carbonyl (C=O) groups excluding carboxylic acids is 1. The van der Waals surface area contributed by atoms with Gasteiger partial charge in [0.15, 0.2) is 0 Å². The third kappa shape index (κ3) is 3.64. The molecule has 0 saturated carbocycles. The smallest absolute Gasteiger partial charge is 0.326 e. The van der Waals surface area contributed by atoms with Crippen LogP contribution in [-0.2, 0) is 9.59 Å². The van der Waals surface area contributed by atoms with Crippen LogP contribution in [0.25, 0.3) is 6.08 Å². The summed E-state index contributed by atoms with van der Waals surface area (Å²) < 4.78 is 0. The van der Waals surface area contributed by atoms with E-state index in [1.165, 1.54) is 11.0 Å². The SMILES string of the molecule is CC1CCCN(C(=O)/C=C/c2ccccc2Cl)C1C(=O)O. The lowest BCUT2D eigenvalue weighted by molar-refractivity contribution is -0.152. The average Bonchev–Trinajstić information content (AvgIpc) is 2.45. The van der Waals surface area contributed by atoms with Crippen LogP contribution in [0.2, 0.25) is 5.02 Å². The van der Waals surface area contributed by atoms with Crippen LogP contribution in [0.5, 0.6) is 0 Å². The molecule has 5 heteroatoms. The van der Waals surface area contributed by atoms with Gasteiger partial charge < -0.3 is 10.0 Å². The zero-order valence-corrected chi connectivity index (χ0v) is 12.6. The average molecular weight is 308 g/mol. The Hall–Kier alpha value is -1.81. The maximum absolute atomic E-state index is 12.3. The standard InChI is InChI=1S/C16H18ClNO3/c1-11-5-4-10-18(15(11)16(20)21)14(19)9-8-12-6-2-3-7-13(12)17/h2-3,6-9,11,15H,4-5,10H2,1H3,(H,20,21)/b9-8+. The molecule has 1 amide bonds. The van der Waals surface area contributed by atoms with E-state index in [0.29, 0.717) is 11.6 Å². The first kappa shape index (κ1) is 15.6. The van der Waals surface area contributed by atoms with Crippen molar-refractivity contribution in [1.29, 1.82) is 0 Å². The molecule has 1 aliphatic heterocycles. The van der Waals surface area contributed by atoms with E-state index in [9.17, 15) is 14.7 Å². The Morgan fingerprint density at radius 2 is 2.10 bits per heavy atom. The molecule has 0 bridgehead atoms. The fraction of sp³-hybridized carbons (Fsp3) is 0.375. The van der Waals surface area contributed by atoms with Crippen LogP contribution in [0.15, 0.2) is 30.3 Å². The third-order valence-corrected chi connectivity index (χ3v) is 4.12. The first-order valence-corrected chi connectivity index (χ1v) is 7.34. The summed E-state index contributed by atoms with van der Waals surface area (Å²) in [5.41, 5.74) is 0.740. The van der Waals surface area contributed by atoms with Crippen molar-refractivity contribution in [3.05, 3.63) is 40.9 Å². The molecular weight excluding hydrogens is 290 g/mol. The van der Waals surface area contributed by atoms with Crippen LogP contribution in [0.4, 0.5) is 0 Å². The number of amides is 1. The number of hydrogen-bond acceptors (Lipinski definition) is 2. The van der Waals surface area contributed by atoms with E-state index in [-0.39, 0.29) is 11.8 Å². The van der Waals surface area contributed by atoms with Gasteiger partial charge in [-0.25, -0.2) is 4.79 Å². The summed E-state index contributed by atoms with van der Waals surface area (Å²) in [6.07, 6.45) is 4.68. The number of aliphatic carboxylic acids is 1. The molecular formula is C16H18ClNO3. The van der Waals surface area contributed by atoms with Crippen molar-refractivity contribution >= 4 is 29.6 Å². The van der Waals surface area contributed by atoms with Crippen molar-refractivity contribution in [3.8, 4) is 0 Å². The van der Waals surface area contributed by atoms with Crippen LogP contribution in [0.1, 0.15) is 25.3 Å². The lowest BCUT2D eigenvalue weighted by Gasteiger charge is -2.36. The van der Waals surface area contributed by atoms with Gasteiger partial charge in [0.2, 0.25) is 5.91 Å². The van der Waals surface area contributed by atoms with Gasteiger partial charge in [-0.1, -0.05) is 36.7 Å². The Balaban J connectivity index is 2.15. The second kappa shape index (κ2) is 6.76. The highest BCUT2D eigenvalue weighted by Crippen LogP contribution is 2.24. The molecule has 0 aliphatic carbocycles. The summed E-state index contributed by atoms with van der Waals surface area (Å²) in [5, 5.41) is 9.88. The number of carboxylic acid groups (broad SMARTS) is 1. The number of rotatable bonds is 3. The maximum atomic E-state index is 12.3. The number of hydrogen-bond donors (Lipinski definition) is 1. The second-order valence-electron chi connectivity index (χ2n) is 5.29. The molecule has 0 radical (unpaired) electrons. The highest BCUT2D eigenvalue weighted by molar-refractivity contribution is 6.32. The fourth-order valence-electron chi connectivity index (χ4n) is 2.68. The fourth-order valence-corrected chi connectivity index (χ4v) is 2.88. The normalized spacial score (nSPS) is 22.5. The zero-order chi connectivity index (χ0) is 15.4. The van der Waals surface area contributed by atoms with Crippen molar-refractivity contribution in [3.63, 3.8) is 0 Å². The number of nitrogens with zero attached hydrogens (tertiary/aromatic N) is 1. The molecule has 1 aromatic rings. The molecule has 2 rings (SSSR count). The van der Waals surface area contributed by atoms with Crippen molar-refractivity contribution in [2.24, 2.45) is 5.92 Å². The van der Waals surface area contributed by atoms with Gasteiger partial charge in [-0.2, -0.15) is 0 Å². The van der Waals surface area contributed by atoms with Crippen molar-refractivity contribution in [1.82, 2.24) is 4.90 Å². The minimum absolute atomic E-state index is 0.0334. The van der Waals surface area contributed by atoms with Crippen molar-refractivity contribution in [2.45, 2.75) is 25.8 Å². The molecule has 0 spiro atoms. The third-order valence-electron chi connectivity index (χ3n) is 3.78. The summed E-state index contributed by atoms with van der Waals surface area (Å²) in [5.74, 6) is -1.26. The van der Waals surface area contributed by atoms with Crippen LogP contribution in [0, 0.1) is 5.92 Å². The molecule has 1 heterocycles. The number of carboxylic acids is 1. The topological polar surface area (TPSA) is 57.6 Å². The van der Waals surface area contributed by atoms with E-state index in [2.05, 4.69) is 0 Å². The van der Waals surface area contributed by atoms with E-state index >= 15 is 0 Å². The first-order valence-electron chi connectivity index (χ1n) is 6.96. The minimum atomic E-state index is -0.943. The molecule has 2 unspecified atom stereocenters. The second-order valence-corrected chi connectivity index (χ2v) is 5.70. The van der Waals surface area contributed by atoms with Gasteiger partial charge in [0.25, 0.3) is 0 Å². The number of carbonyl (C=O) groups is 2. The summed E-state index contributed by atoms with van der Waals surface area (Å²) in [6, 6.07) is 6.45. The Bertz CT molecular complexity index is 570. The van der Waals surface area contributed by atoms with Gasteiger partial charge in [-0.05, 0) is 36.5 Å². The van der Waals surface area contributed by atoms with Crippen LogP contribution in [-0.4, -0.2) is 34.5 Å². The molecule has 1 saturated heterocycles. The number of halogens is 1. The predicted octanol–water partition coefficient (Wildman–Crippen LogP) is 3.06. The maximum Gasteiger partial charge on any atom is 0.326 e. The summed E-state index contributed by atoms with van der Waals surface area (Å²) >= 11 is 6.03. The van der Waals surface area contributed by atoms with Gasteiger partial charge in [0.1, 0.15) is 6.04 Å². The Morgan fingerprint density at radius 1 is 1.38 bits per heavy atom. The summed E-state index contributed by atoms with van der Waals surface area (Å²) in [4.78, 5) is 25.1. The van der Waals surface area contributed by atoms with Gasteiger partial charge in [0, 0.05) is 17.6 Å². The Morgan fingerprint density at radius 3 is 2.76 bits per heavy atom. The Kier molecular flexibility index (Phi) is 5.02. The Labute approximate surface area is 129 Å². The lowest BCUT2D eigenvalue weighted by Crippen LogP contribution is -2.51. The molecule has 4 nitrogen and oxygen atoms in total. The largest absolute Gasteiger partial charge is 0.480 e. The molecule has 112 valence electrons. The number of piperidine rings is 1. The van der Waals surface area contributed by atoms with Crippen LogP contribution in [0.3, 0.4) is 0 Å². The molecule has 1 aromatic carbocycles. The lowest BCUT2D eigenvalue weighted by atomic mass is 9.90. The van der Waals surface area contributed by atoms with E-state index in [1.807, 2.05) is 19.1 Å². The molecule has 1 N–H and O–H groups in total. The predicted molar refractivity (Wildman–Crippen MR) is 82.0 cm³/mol. The first-order chi connectivity index (χ1) is 10.0. The summed E-state index contributed by atoms with van der Waals surface area (Å²) in [6.45, 7) is 2.35. The quantitative estimate of drug-likeness (QED) is 0.873. The van der Waals surface area contributed by atoms with Crippen LogP contribution < -0.4 is 0 Å². The van der Waals surface area contributed by atoms with Crippen molar-refractivity contribution in [2.75, 3.05) is 6.54 Å². The van der Waals surface area contributed by atoms with E-state index in [4.69, 9.17) is 11.6 Å². The number of likely N-dealkylation sites (tertiary alicyclic amines) is 1. The number of benzene rings is 1. The van der Waals surface area contributed by atoms with Gasteiger partial charge >= 0.3 is 5.97 Å². The van der Waals surface area contributed by atoms with Gasteiger partial charge in [-0.3, -0.25) is 4.79 Å². The molecule has 0 aromatic heterocycles. The van der Waals surface area contributed by atoms with Gasteiger partial charge in [-0.15, -0.1) is 0 Å². The van der Waals surface area contributed by atoms with Gasteiger partial charge in [0.05, 0.1) is 0 Å². The zero-order valence-electron chi connectivity index (χ0n) is 11.8. The minimum Gasteiger partial charge on any atom is -0.480 e. The van der Waals surface area contributed by atoms with Crippen LogP contribution >= 0.6 is 11.6 Å². The highest BCUT2D eigenvalue weighted by atomic mass is 35.5. The van der Waals surface area contributed by atoms with Crippen molar-refractivity contribution < 1.29 is 14.7 Å². The van der Waals surface area contributed by atoms with E-state index in [1.54, 1.807) is 18.2 Å². The summed E-state index contributed by atoms with van der Waals surface area (Å²) in [7, 11) is 0. The molecule has 1 fully saturated rings. The molecule has 1 aliphatic rings. The highest BCUT2D eigenvalue weighted by Gasteiger charge is 2.36. The monoisotopic (exact) mass is 307 g/mol. The van der Waals surface area contributed by atoms with E-state index in [0.717, 1.165) is 18.4 Å². The van der Waals surface area contributed by atoms with E-state index < -0.39 is 12.0 Å².